The number of carboxylic acid groups (broad SMARTS) is 1. The number of unbranched alkanes of at least 4 members (excludes halogenated alkanes) is 12. The van der Waals surface area contributed by atoms with Crippen LogP contribution >= 0.6 is 12.6 Å². The van der Waals surface area contributed by atoms with Crippen LogP contribution in [-0.4, -0.2) is 28.8 Å². The standard InChI is InChI=1S/C19H37NO3S/c1-2-3-4-5-6-7-8-9-10-11-12-13-14-15-18(21)20-17(16-24)19(22)23/h17,24H,2-16H2,1H3,(H,20,21)(H,22,23). The van der Waals surface area contributed by atoms with Gasteiger partial charge in [-0.25, -0.2) is 4.79 Å². The molecular weight excluding hydrogens is 322 g/mol. The summed E-state index contributed by atoms with van der Waals surface area (Å²) in [4.78, 5) is 22.4. The van der Waals surface area contributed by atoms with E-state index < -0.39 is 12.0 Å². The maximum atomic E-state index is 11.6. The van der Waals surface area contributed by atoms with Crippen molar-refractivity contribution in [2.45, 2.75) is 103 Å². The fourth-order valence-corrected chi connectivity index (χ4v) is 3.00. The Bertz CT molecular complexity index is 324. The van der Waals surface area contributed by atoms with Crippen LogP contribution in [-0.2, 0) is 9.59 Å². The third-order valence-corrected chi connectivity index (χ3v) is 4.69. The van der Waals surface area contributed by atoms with Crippen molar-refractivity contribution in [3.63, 3.8) is 0 Å². The highest BCUT2D eigenvalue weighted by molar-refractivity contribution is 7.80. The Morgan fingerprint density at radius 1 is 0.833 bits per heavy atom. The smallest absolute Gasteiger partial charge is 0.327 e. The minimum atomic E-state index is -1.02. The number of thiol groups is 1. The number of hydrogen-bond acceptors (Lipinski definition) is 3. The summed E-state index contributed by atoms with van der Waals surface area (Å²) in [5, 5.41) is 11.3. The molecular formula is C19H37NO3S. The van der Waals surface area contributed by atoms with E-state index in [-0.39, 0.29) is 11.7 Å². The lowest BCUT2D eigenvalue weighted by Gasteiger charge is -2.11. The molecule has 0 rings (SSSR count). The fourth-order valence-electron chi connectivity index (χ4n) is 2.76. The summed E-state index contributed by atoms with van der Waals surface area (Å²) < 4.78 is 0. The van der Waals surface area contributed by atoms with Crippen LogP contribution in [0.1, 0.15) is 96.8 Å². The van der Waals surface area contributed by atoms with E-state index in [1.165, 1.54) is 70.6 Å². The zero-order chi connectivity index (χ0) is 18.0. The van der Waals surface area contributed by atoms with Crippen molar-refractivity contribution in [3.8, 4) is 0 Å². The van der Waals surface area contributed by atoms with E-state index >= 15 is 0 Å². The van der Waals surface area contributed by atoms with Gasteiger partial charge in [-0.3, -0.25) is 4.79 Å². The van der Waals surface area contributed by atoms with Gasteiger partial charge in [0.25, 0.3) is 0 Å². The third-order valence-electron chi connectivity index (χ3n) is 4.32. The van der Waals surface area contributed by atoms with Crippen molar-refractivity contribution in [3.05, 3.63) is 0 Å². The number of carbonyl (C=O) groups is 2. The van der Waals surface area contributed by atoms with Crippen LogP contribution in [0.25, 0.3) is 0 Å². The van der Waals surface area contributed by atoms with Gasteiger partial charge in [0.05, 0.1) is 0 Å². The van der Waals surface area contributed by atoms with E-state index in [9.17, 15) is 9.59 Å². The SMILES string of the molecule is CCCCCCCCCCCCCCCC(=O)NC(CS)C(=O)O. The maximum Gasteiger partial charge on any atom is 0.327 e. The van der Waals surface area contributed by atoms with Gasteiger partial charge in [-0.1, -0.05) is 84.0 Å². The lowest BCUT2D eigenvalue weighted by molar-refractivity contribution is -0.141. The van der Waals surface area contributed by atoms with Gasteiger partial charge in [0, 0.05) is 12.2 Å². The molecule has 24 heavy (non-hydrogen) atoms. The molecule has 0 saturated heterocycles. The Hall–Kier alpha value is -0.710. The molecule has 0 aromatic rings. The first-order valence-corrected chi connectivity index (χ1v) is 10.4. The van der Waals surface area contributed by atoms with Crippen molar-refractivity contribution in [2.24, 2.45) is 0 Å². The summed E-state index contributed by atoms with van der Waals surface area (Å²) in [6.45, 7) is 2.25. The number of aliphatic carboxylic acids is 1. The van der Waals surface area contributed by atoms with Crippen molar-refractivity contribution >= 4 is 24.5 Å². The van der Waals surface area contributed by atoms with Gasteiger partial charge >= 0.3 is 5.97 Å². The first kappa shape index (κ1) is 23.3. The number of carbonyl (C=O) groups excluding carboxylic acids is 1. The number of amides is 1. The van der Waals surface area contributed by atoms with Crippen LogP contribution in [0.4, 0.5) is 0 Å². The van der Waals surface area contributed by atoms with Gasteiger partial charge in [-0.2, -0.15) is 12.6 Å². The monoisotopic (exact) mass is 359 g/mol. The van der Waals surface area contributed by atoms with E-state index in [0.717, 1.165) is 12.8 Å². The molecule has 1 atom stereocenters. The van der Waals surface area contributed by atoms with Crippen LogP contribution in [0, 0.1) is 0 Å². The topological polar surface area (TPSA) is 66.4 Å². The van der Waals surface area contributed by atoms with Crippen LogP contribution in [0.2, 0.25) is 0 Å². The molecule has 142 valence electrons. The van der Waals surface area contributed by atoms with Gasteiger partial charge in [0.2, 0.25) is 5.91 Å². The lowest BCUT2D eigenvalue weighted by Crippen LogP contribution is -2.42. The van der Waals surface area contributed by atoms with E-state index in [1.807, 2.05) is 0 Å². The van der Waals surface area contributed by atoms with Gasteiger partial charge in [0.1, 0.15) is 6.04 Å². The van der Waals surface area contributed by atoms with Crippen molar-refractivity contribution in [2.75, 3.05) is 5.75 Å². The largest absolute Gasteiger partial charge is 0.480 e. The van der Waals surface area contributed by atoms with E-state index in [0.29, 0.717) is 6.42 Å². The fraction of sp³-hybridized carbons (Fsp3) is 0.895. The Morgan fingerprint density at radius 2 is 1.25 bits per heavy atom. The van der Waals surface area contributed by atoms with E-state index in [2.05, 4.69) is 24.9 Å². The van der Waals surface area contributed by atoms with Gasteiger partial charge in [-0.15, -0.1) is 0 Å². The van der Waals surface area contributed by atoms with Crippen LogP contribution in [0.3, 0.4) is 0 Å². The summed E-state index contributed by atoms with van der Waals surface area (Å²) in [6, 6.07) is -0.872. The normalized spacial score (nSPS) is 12.1. The molecule has 0 aliphatic heterocycles. The number of nitrogens with one attached hydrogen (secondary N) is 1. The zero-order valence-electron chi connectivity index (χ0n) is 15.4. The minimum absolute atomic E-state index is 0.125. The van der Waals surface area contributed by atoms with Crippen molar-refractivity contribution < 1.29 is 14.7 Å². The molecule has 5 heteroatoms. The van der Waals surface area contributed by atoms with Crippen molar-refractivity contribution in [1.82, 2.24) is 5.32 Å². The molecule has 0 heterocycles. The molecule has 0 aromatic heterocycles. The van der Waals surface area contributed by atoms with Crippen LogP contribution in [0.5, 0.6) is 0 Å². The molecule has 0 radical (unpaired) electrons. The lowest BCUT2D eigenvalue weighted by atomic mass is 10.0. The highest BCUT2D eigenvalue weighted by Crippen LogP contribution is 2.12. The first-order valence-electron chi connectivity index (χ1n) is 9.74. The second-order valence-electron chi connectivity index (χ2n) is 6.63. The molecule has 4 nitrogen and oxygen atoms in total. The van der Waals surface area contributed by atoms with E-state index in [4.69, 9.17) is 5.11 Å². The number of hydrogen-bond donors (Lipinski definition) is 3. The molecule has 0 fully saturated rings. The van der Waals surface area contributed by atoms with Gasteiger partial charge in [-0.05, 0) is 6.42 Å². The summed E-state index contributed by atoms with van der Waals surface area (Å²) in [7, 11) is 0. The highest BCUT2D eigenvalue weighted by Gasteiger charge is 2.17. The zero-order valence-corrected chi connectivity index (χ0v) is 16.3. The number of rotatable bonds is 17. The molecule has 0 aliphatic rings. The molecule has 1 unspecified atom stereocenters. The molecule has 2 N–H and O–H groups in total. The van der Waals surface area contributed by atoms with Crippen LogP contribution < -0.4 is 5.32 Å². The Morgan fingerprint density at radius 3 is 1.62 bits per heavy atom. The summed E-state index contributed by atoms with van der Waals surface area (Å²) in [6.07, 6.45) is 16.9. The quantitative estimate of drug-likeness (QED) is 0.254. The second-order valence-corrected chi connectivity index (χ2v) is 7.00. The average molecular weight is 360 g/mol. The van der Waals surface area contributed by atoms with Crippen LogP contribution in [0.15, 0.2) is 0 Å². The summed E-state index contributed by atoms with van der Waals surface area (Å²) in [5.74, 6) is -1.08. The Kier molecular flexibility index (Phi) is 16.6. The second kappa shape index (κ2) is 17.1. The van der Waals surface area contributed by atoms with E-state index in [1.54, 1.807) is 0 Å². The van der Waals surface area contributed by atoms with Gasteiger partial charge < -0.3 is 10.4 Å². The Balaban J connectivity index is 3.30. The first-order chi connectivity index (χ1) is 11.6. The minimum Gasteiger partial charge on any atom is -0.480 e. The molecule has 0 spiro atoms. The summed E-state index contributed by atoms with van der Waals surface area (Å²) in [5.41, 5.74) is 0. The molecule has 0 saturated carbocycles. The Labute approximate surface area is 153 Å². The number of carboxylic acids is 1. The summed E-state index contributed by atoms with van der Waals surface area (Å²) >= 11 is 3.93. The average Bonchev–Trinajstić information content (AvgIpc) is 2.56. The maximum absolute atomic E-state index is 11.6. The predicted octanol–water partition coefficient (Wildman–Crippen LogP) is 4.97. The van der Waals surface area contributed by atoms with Crippen molar-refractivity contribution in [1.29, 1.82) is 0 Å². The highest BCUT2D eigenvalue weighted by atomic mass is 32.1. The predicted molar refractivity (Wildman–Crippen MR) is 104 cm³/mol. The molecule has 0 bridgehead atoms. The third kappa shape index (κ3) is 14.9. The van der Waals surface area contributed by atoms with Gasteiger partial charge in [0.15, 0.2) is 0 Å². The molecule has 0 aromatic carbocycles. The molecule has 1 amide bonds. The molecule has 0 aliphatic carbocycles.